The van der Waals surface area contributed by atoms with Gasteiger partial charge in [-0.2, -0.15) is 8.78 Å². The predicted octanol–water partition coefficient (Wildman–Crippen LogP) is 3.86. The third-order valence-corrected chi connectivity index (χ3v) is 4.42. The molecule has 0 saturated carbocycles. The first-order valence-corrected chi connectivity index (χ1v) is 8.71. The maximum Gasteiger partial charge on any atom is 0.314 e. The molecule has 1 aromatic carbocycles. The molecule has 0 bridgehead atoms. The number of nitrogens with one attached hydrogen (secondary N) is 1. The second kappa shape index (κ2) is 6.89. The lowest BCUT2D eigenvalue weighted by Crippen LogP contribution is -2.02. The quantitative estimate of drug-likeness (QED) is 0.487. The zero-order chi connectivity index (χ0) is 19.8. The van der Waals surface area contributed by atoms with E-state index in [1.54, 1.807) is 16.8 Å². The van der Waals surface area contributed by atoms with Gasteiger partial charge in [0.1, 0.15) is 5.69 Å². The number of pyridine rings is 1. The smallest absolute Gasteiger partial charge is 0.314 e. The number of nitrogens with zero attached hydrogens (tertiary/aromatic N) is 6. The second-order valence-electron chi connectivity index (χ2n) is 6.33. The van der Waals surface area contributed by atoms with Gasteiger partial charge in [0.05, 0.1) is 29.5 Å². The summed E-state index contributed by atoms with van der Waals surface area (Å²) in [5.41, 5.74) is 3.90. The summed E-state index contributed by atoms with van der Waals surface area (Å²) in [5.74, 6) is -0.710. The number of para-hydroxylation sites is 1. The number of halogens is 2. The minimum atomic E-state index is -2.80. The molecule has 29 heavy (non-hydrogen) atoms. The van der Waals surface area contributed by atoms with Crippen molar-refractivity contribution in [2.24, 2.45) is 0 Å². The molecule has 0 amide bonds. The lowest BCUT2D eigenvalue weighted by atomic mass is 10.1. The van der Waals surface area contributed by atoms with Crippen LogP contribution >= 0.6 is 0 Å². The predicted molar refractivity (Wildman–Crippen MR) is 98.9 cm³/mol. The summed E-state index contributed by atoms with van der Waals surface area (Å²) < 4.78 is 31.7. The Hall–Kier alpha value is -3.95. The Balaban J connectivity index is 1.35. The molecule has 0 spiro atoms. The van der Waals surface area contributed by atoms with Gasteiger partial charge in [0, 0.05) is 23.3 Å². The molecular formula is C19H13F2N7O. The average molecular weight is 393 g/mol. The molecule has 0 aliphatic heterocycles. The van der Waals surface area contributed by atoms with E-state index in [9.17, 15) is 8.78 Å². The number of fused-ring (bicyclic) bond motifs is 1. The van der Waals surface area contributed by atoms with Crippen LogP contribution in [0.3, 0.4) is 0 Å². The lowest BCUT2D eigenvalue weighted by molar-refractivity contribution is 0.116. The summed E-state index contributed by atoms with van der Waals surface area (Å²) in [6, 6.07) is 11.4. The van der Waals surface area contributed by atoms with Crippen molar-refractivity contribution >= 4 is 10.9 Å². The maximum atomic E-state index is 12.6. The van der Waals surface area contributed by atoms with Gasteiger partial charge in [0.2, 0.25) is 5.89 Å². The highest BCUT2D eigenvalue weighted by atomic mass is 19.3. The van der Waals surface area contributed by atoms with Crippen molar-refractivity contribution in [2.75, 3.05) is 0 Å². The molecule has 0 unspecified atom stereocenters. The van der Waals surface area contributed by atoms with Crippen LogP contribution in [0.15, 0.2) is 59.4 Å². The Morgan fingerprint density at radius 3 is 2.79 bits per heavy atom. The number of aromatic nitrogens is 7. The lowest BCUT2D eigenvalue weighted by Gasteiger charge is -2.01. The third kappa shape index (κ3) is 3.24. The number of H-pyrrole nitrogens is 1. The molecule has 0 aliphatic carbocycles. The highest BCUT2D eigenvalue weighted by molar-refractivity contribution is 5.92. The second-order valence-corrected chi connectivity index (χ2v) is 6.33. The fraction of sp³-hybridized carbons (Fsp3) is 0.105. The van der Waals surface area contributed by atoms with E-state index in [0.29, 0.717) is 12.1 Å². The number of hydrogen-bond acceptors (Lipinski definition) is 6. The molecular weight excluding hydrogens is 380 g/mol. The van der Waals surface area contributed by atoms with E-state index in [-0.39, 0.29) is 5.89 Å². The van der Waals surface area contributed by atoms with Crippen molar-refractivity contribution in [3.8, 4) is 22.7 Å². The minimum absolute atomic E-state index is 0.00133. The van der Waals surface area contributed by atoms with E-state index in [1.165, 1.54) is 6.20 Å². The Morgan fingerprint density at radius 2 is 2.00 bits per heavy atom. The van der Waals surface area contributed by atoms with E-state index >= 15 is 0 Å². The first-order chi connectivity index (χ1) is 14.2. The van der Waals surface area contributed by atoms with Gasteiger partial charge in [-0.1, -0.05) is 23.4 Å². The fourth-order valence-corrected chi connectivity index (χ4v) is 3.05. The fourth-order valence-electron chi connectivity index (χ4n) is 3.05. The number of rotatable bonds is 5. The molecule has 4 heterocycles. The average Bonchev–Trinajstić information content (AvgIpc) is 3.48. The number of benzene rings is 1. The standard InChI is InChI=1S/C19H13F2N7O/c20-17(21)19-26-25-18(29-19)12-4-5-13(23-8-12)9-28-10-15(24-27-28)14-3-1-2-11-6-7-22-16(11)14/h1-8,10,17,22H,9H2. The van der Waals surface area contributed by atoms with Crippen molar-refractivity contribution in [3.63, 3.8) is 0 Å². The van der Waals surface area contributed by atoms with E-state index < -0.39 is 12.3 Å². The molecule has 4 aromatic heterocycles. The Kier molecular flexibility index (Phi) is 4.08. The summed E-state index contributed by atoms with van der Waals surface area (Å²) in [6.07, 6.45) is 2.42. The topological polar surface area (TPSA) is 98.3 Å². The van der Waals surface area contributed by atoms with Crippen LogP contribution in [-0.4, -0.2) is 35.2 Å². The van der Waals surface area contributed by atoms with Gasteiger partial charge in [-0.3, -0.25) is 4.98 Å². The van der Waals surface area contributed by atoms with Gasteiger partial charge in [-0.15, -0.1) is 15.3 Å². The molecule has 0 saturated heterocycles. The summed E-state index contributed by atoms with van der Waals surface area (Å²) in [7, 11) is 0. The van der Waals surface area contributed by atoms with Gasteiger partial charge < -0.3 is 9.40 Å². The van der Waals surface area contributed by atoms with Crippen LogP contribution < -0.4 is 0 Å². The van der Waals surface area contributed by atoms with Crippen LogP contribution in [0.4, 0.5) is 8.78 Å². The molecule has 0 aliphatic rings. The van der Waals surface area contributed by atoms with Crippen molar-refractivity contribution < 1.29 is 13.2 Å². The van der Waals surface area contributed by atoms with Gasteiger partial charge in [0.15, 0.2) is 0 Å². The summed E-state index contributed by atoms with van der Waals surface area (Å²) in [6.45, 7) is 0.403. The van der Waals surface area contributed by atoms with Crippen LogP contribution in [0.5, 0.6) is 0 Å². The highest BCUT2D eigenvalue weighted by Crippen LogP contribution is 2.26. The molecule has 0 atom stereocenters. The third-order valence-electron chi connectivity index (χ3n) is 4.42. The van der Waals surface area contributed by atoms with Gasteiger partial charge in [0.25, 0.3) is 5.89 Å². The van der Waals surface area contributed by atoms with Gasteiger partial charge in [-0.25, -0.2) is 4.68 Å². The minimum Gasteiger partial charge on any atom is -0.415 e. The molecule has 10 heteroatoms. The Morgan fingerprint density at radius 1 is 1.07 bits per heavy atom. The van der Waals surface area contributed by atoms with Crippen LogP contribution in [0.1, 0.15) is 18.0 Å². The molecule has 0 radical (unpaired) electrons. The van der Waals surface area contributed by atoms with Crippen LogP contribution in [-0.2, 0) is 6.54 Å². The van der Waals surface area contributed by atoms with Crippen LogP contribution in [0.2, 0.25) is 0 Å². The molecule has 1 N–H and O–H groups in total. The zero-order valence-corrected chi connectivity index (χ0v) is 14.8. The van der Waals surface area contributed by atoms with Crippen molar-refractivity contribution in [1.29, 1.82) is 0 Å². The summed E-state index contributed by atoms with van der Waals surface area (Å²) in [4.78, 5) is 7.54. The van der Waals surface area contributed by atoms with E-state index in [4.69, 9.17) is 4.42 Å². The molecule has 5 aromatic rings. The summed E-state index contributed by atoms with van der Waals surface area (Å²) >= 11 is 0. The Labute approximate surface area is 162 Å². The summed E-state index contributed by atoms with van der Waals surface area (Å²) in [5, 5.41) is 16.5. The SMILES string of the molecule is FC(F)c1nnc(-c2ccc(Cn3cc(-c4cccc5cc[nH]c45)nn3)nc2)o1. The van der Waals surface area contributed by atoms with E-state index in [2.05, 4.69) is 30.5 Å². The number of hydrogen-bond donors (Lipinski definition) is 1. The first-order valence-electron chi connectivity index (χ1n) is 8.71. The Bertz CT molecular complexity index is 1270. The number of aromatic amines is 1. The number of alkyl halides is 2. The van der Waals surface area contributed by atoms with Crippen LogP contribution in [0.25, 0.3) is 33.6 Å². The van der Waals surface area contributed by atoms with Gasteiger partial charge in [-0.05, 0) is 18.2 Å². The monoisotopic (exact) mass is 393 g/mol. The first kappa shape index (κ1) is 17.2. The van der Waals surface area contributed by atoms with Crippen LogP contribution in [0, 0.1) is 0 Å². The van der Waals surface area contributed by atoms with Gasteiger partial charge >= 0.3 is 6.43 Å². The molecule has 8 nitrogen and oxygen atoms in total. The zero-order valence-electron chi connectivity index (χ0n) is 14.8. The normalized spacial score (nSPS) is 11.6. The molecule has 0 fully saturated rings. The highest BCUT2D eigenvalue weighted by Gasteiger charge is 2.17. The largest absolute Gasteiger partial charge is 0.415 e. The maximum absolute atomic E-state index is 12.6. The van der Waals surface area contributed by atoms with E-state index in [1.807, 2.05) is 36.7 Å². The van der Waals surface area contributed by atoms with Crippen molar-refractivity contribution in [1.82, 2.24) is 35.2 Å². The van der Waals surface area contributed by atoms with E-state index in [0.717, 1.165) is 27.9 Å². The van der Waals surface area contributed by atoms with Crippen molar-refractivity contribution in [3.05, 3.63) is 66.6 Å². The molecule has 144 valence electrons. The molecule has 5 rings (SSSR count). The van der Waals surface area contributed by atoms with Crippen molar-refractivity contribution in [2.45, 2.75) is 13.0 Å².